The fraction of sp³-hybridized carbons (Fsp3) is 0.353. The summed E-state index contributed by atoms with van der Waals surface area (Å²) in [6.45, 7) is 0.445. The predicted molar refractivity (Wildman–Crippen MR) is 92.4 cm³/mol. The van der Waals surface area contributed by atoms with Gasteiger partial charge in [0.1, 0.15) is 0 Å². The van der Waals surface area contributed by atoms with Crippen molar-refractivity contribution in [2.45, 2.75) is 36.2 Å². The Morgan fingerprint density at radius 3 is 2.42 bits per heavy atom. The van der Waals surface area contributed by atoms with E-state index in [1.807, 2.05) is 17.0 Å². The van der Waals surface area contributed by atoms with Gasteiger partial charge in [0, 0.05) is 30.4 Å². The van der Waals surface area contributed by atoms with E-state index in [4.69, 9.17) is 0 Å². The predicted octanol–water partition coefficient (Wildman–Crippen LogP) is 1.79. The maximum absolute atomic E-state index is 12.4. The molecule has 1 saturated heterocycles. The van der Waals surface area contributed by atoms with E-state index in [1.165, 1.54) is 22.5 Å². The molecule has 1 unspecified atom stereocenters. The molecule has 24 heavy (non-hydrogen) atoms. The zero-order valence-corrected chi connectivity index (χ0v) is 14.6. The molecule has 0 saturated carbocycles. The second kappa shape index (κ2) is 5.98. The standard InChI is InChI=1S/C17H18N2O3S2/c20-17-9-14(18-24(21,22)16-5-6-23-11-16)10-19(17)15-7-12-3-1-2-4-13(12)8-15/h1-6,11,14-15,18H,7-10H2. The van der Waals surface area contributed by atoms with E-state index >= 15 is 0 Å². The molecule has 7 heteroatoms. The molecule has 2 aromatic rings. The quantitative estimate of drug-likeness (QED) is 0.902. The van der Waals surface area contributed by atoms with E-state index in [2.05, 4.69) is 16.9 Å². The average Bonchev–Trinajstić information content (AvgIpc) is 3.25. The van der Waals surface area contributed by atoms with Crippen LogP contribution in [-0.4, -0.2) is 37.9 Å². The molecule has 1 aliphatic carbocycles. The van der Waals surface area contributed by atoms with E-state index in [-0.39, 0.29) is 29.3 Å². The number of hydrogen-bond acceptors (Lipinski definition) is 4. The molecule has 2 aliphatic rings. The zero-order valence-electron chi connectivity index (χ0n) is 13.0. The Hall–Kier alpha value is -1.70. The summed E-state index contributed by atoms with van der Waals surface area (Å²) in [5.41, 5.74) is 2.58. The van der Waals surface area contributed by atoms with Gasteiger partial charge in [-0.25, -0.2) is 13.1 Å². The van der Waals surface area contributed by atoms with Crippen molar-refractivity contribution in [2.75, 3.05) is 6.54 Å². The average molecular weight is 362 g/mol. The van der Waals surface area contributed by atoms with Crippen LogP contribution < -0.4 is 4.72 Å². The first-order valence-corrected chi connectivity index (χ1v) is 10.4. The van der Waals surface area contributed by atoms with Gasteiger partial charge in [-0.1, -0.05) is 24.3 Å². The summed E-state index contributed by atoms with van der Waals surface area (Å²) in [7, 11) is -3.54. The summed E-state index contributed by atoms with van der Waals surface area (Å²) in [5, 5.41) is 3.33. The topological polar surface area (TPSA) is 66.5 Å². The van der Waals surface area contributed by atoms with Crippen LogP contribution in [0.25, 0.3) is 0 Å². The summed E-state index contributed by atoms with van der Waals surface area (Å²) < 4.78 is 27.3. The van der Waals surface area contributed by atoms with Crippen molar-refractivity contribution in [3.63, 3.8) is 0 Å². The molecule has 1 N–H and O–H groups in total. The van der Waals surface area contributed by atoms with Gasteiger partial charge in [-0.3, -0.25) is 4.79 Å². The number of nitrogens with zero attached hydrogens (tertiary/aromatic N) is 1. The molecule has 2 heterocycles. The van der Waals surface area contributed by atoms with Crippen LogP contribution in [-0.2, 0) is 27.7 Å². The van der Waals surface area contributed by atoms with Crippen molar-refractivity contribution < 1.29 is 13.2 Å². The molecule has 1 aliphatic heterocycles. The first kappa shape index (κ1) is 15.8. The lowest BCUT2D eigenvalue weighted by molar-refractivity contribution is -0.129. The normalized spacial score (nSPS) is 21.4. The minimum absolute atomic E-state index is 0.0332. The number of fused-ring (bicyclic) bond motifs is 1. The van der Waals surface area contributed by atoms with Crippen molar-refractivity contribution in [1.29, 1.82) is 0 Å². The minimum atomic E-state index is -3.54. The highest BCUT2D eigenvalue weighted by Crippen LogP contribution is 2.28. The SMILES string of the molecule is O=C1CC(NS(=O)(=O)c2ccsc2)CN1C1Cc2ccccc2C1. The van der Waals surface area contributed by atoms with E-state index < -0.39 is 10.0 Å². The number of amides is 1. The third-order valence-electron chi connectivity index (χ3n) is 4.76. The van der Waals surface area contributed by atoms with Gasteiger partial charge >= 0.3 is 0 Å². The lowest BCUT2D eigenvalue weighted by Gasteiger charge is -2.24. The molecule has 0 radical (unpaired) electrons. The van der Waals surface area contributed by atoms with Crippen molar-refractivity contribution in [3.05, 3.63) is 52.2 Å². The van der Waals surface area contributed by atoms with Gasteiger partial charge in [0.15, 0.2) is 0 Å². The molecule has 1 fully saturated rings. The van der Waals surface area contributed by atoms with Crippen LogP contribution in [0.3, 0.4) is 0 Å². The largest absolute Gasteiger partial charge is 0.337 e. The number of carbonyl (C=O) groups excluding carboxylic acids is 1. The maximum Gasteiger partial charge on any atom is 0.241 e. The second-order valence-corrected chi connectivity index (χ2v) is 8.85. The van der Waals surface area contributed by atoms with Crippen LogP contribution in [0.5, 0.6) is 0 Å². The van der Waals surface area contributed by atoms with Crippen molar-refractivity contribution in [3.8, 4) is 0 Å². The van der Waals surface area contributed by atoms with E-state index in [1.54, 1.807) is 16.8 Å². The van der Waals surface area contributed by atoms with Gasteiger partial charge in [0.05, 0.1) is 4.90 Å². The summed E-state index contributed by atoms with van der Waals surface area (Å²) in [5.74, 6) is 0.0332. The Bertz CT molecular complexity index is 837. The molecular formula is C17H18N2O3S2. The third kappa shape index (κ3) is 2.87. The van der Waals surface area contributed by atoms with Crippen LogP contribution in [0.2, 0.25) is 0 Å². The van der Waals surface area contributed by atoms with Crippen molar-refractivity contribution >= 4 is 27.3 Å². The fourth-order valence-corrected chi connectivity index (χ4v) is 5.87. The molecular weight excluding hydrogens is 344 g/mol. The molecule has 1 aromatic heterocycles. The highest BCUT2D eigenvalue weighted by atomic mass is 32.2. The number of thiophene rings is 1. The number of benzene rings is 1. The molecule has 1 aromatic carbocycles. The molecule has 0 spiro atoms. The van der Waals surface area contributed by atoms with Crippen molar-refractivity contribution in [1.82, 2.24) is 9.62 Å². The molecule has 126 valence electrons. The molecule has 4 rings (SSSR count). The molecule has 1 atom stereocenters. The first-order valence-electron chi connectivity index (χ1n) is 7.94. The summed E-state index contributed by atoms with van der Waals surface area (Å²) in [4.78, 5) is 14.5. The number of rotatable bonds is 4. The van der Waals surface area contributed by atoms with Crippen LogP contribution >= 0.6 is 11.3 Å². The molecule has 0 bridgehead atoms. The first-order chi connectivity index (χ1) is 11.5. The van der Waals surface area contributed by atoms with E-state index in [0.29, 0.717) is 6.54 Å². The summed E-state index contributed by atoms with van der Waals surface area (Å²) in [6.07, 6.45) is 1.94. The number of sulfonamides is 1. The zero-order chi connectivity index (χ0) is 16.7. The Kier molecular flexibility index (Phi) is 3.94. The third-order valence-corrected chi connectivity index (χ3v) is 7.11. The molecule has 1 amide bonds. The number of nitrogens with one attached hydrogen (secondary N) is 1. The highest BCUT2D eigenvalue weighted by Gasteiger charge is 2.38. The van der Waals surface area contributed by atoms with E-state index in [0.717, 1.165) is 12.8 Å². The summed E-state index contributed by atoms with van der Waals surface area (Å²) in [6, 6.07) is 9.61. The number of hydrogen-bond donors (Lipinski definition) is 1. The maximum atomic E-state index is 12.4. The lowest BCUT2D eigenvalue weighted by Crippen LogP contribution is -2.41. The molecule has 5 nitrogen and oxygen atoms in total. The monoisotopic (exact) mass is 362 g/mol. The number of likely N-dealkylation sites (tertiary alicyclic amines) is 1. The minimum Gasteiger partial charge on any atom is -0.337 e. The Morgan fingerprint density at radius 2 is 1.79 bits per heavy atom. The second-order valence-electron chi connectivity index (χ2n) is 6.36. The number of carbonyl (C=O) groups is 1. The van der Waals surface area contributed by atoms with Gasteiger partial charge in [-0.05, 0) is 35.4 Å². The van der Waals surface area contributed by atoms with Crippen LogP contribution in [0.4, 0.5) is 0 Å². The van der Waals surface area contributed by atoms with Crippen LogP contribution in [0.1, 0.15) is 17.5 Å². The van der Waals surface area contributed by atoms with Crippen LogP contribution in [0, 0.1) is 0 Å². The Labute approximate surface area is 145 Å². The Balaban J connectivity index is 1.45. The van der Waals surface area contributed by atoms with Gasteiger partial charge in [0.2, 0.25) is 15.9 Å². The highest BCUT2D eigenvalue weighted by molar-refractivity contribution is 7.89. The van der Waals surface area contributed by atoms with Crippen LogP contribution in [0.15, 0.2) is 46.0 Å². The van der Waals surface area contributed by atoms with Gasteiger partial charge in [0.25, 0.3) is 0 Å². The van der Waals surface area contributed by atoms with E-state index in [9.17, 15) is 13.2 Å². The van der Waals surface area contributed by atoms with Crippen molar-refractivity contribution in [2.24, 2.45) is 0 Å². The van der Waals surface area contributed by atoms with Gasteiger partial charge < -0.3 is 4.90 Å². The van der Waals surface area contributed by atoms with Gasteiger partial charge in [-0.2, -0.15) is 11.3 Å². The summed E-state index contributed by atoms with van der Waals surface area (Å²) >= 11 is 1.34. The fourth-order valence-electron chi connectivity index (χ4n) is 3.61. The lowest BCUT2D eigenvalue weighted by atomic mass is 10.1. The Morgan fingerprint density at radius 1 is 1.08 bits per heavy atom. The van der Waals surface area contributed by atoms with Gasteiger partial charge in [-0.15, -0.1) is 0 Å². The smallest absolute Gasteiger partial charge is 0.241 e.